The van der Waals surface area contributed by atoms with E-state index in [0.29, 0.717) is 24.7 Å². The first-order valence-corrected chi connectivity index (χ1v) is 8.51. The first-order chi connectivity index (χ1) is 11.5. The van der Waals surface area contributed by atoms with Crippen LogP contribution in [0.5, 0.6) is 5.75 Å². The zero-order valence-electron chi connectivity index (χ0n) is 13.4. The topological polar surface area (TPSA) is 86.5 Å². The third-order valence-electron chi connectivity index (χ3n) is 3.62. The molecule has 2 unspecified atom stereocenters. The van der Waals surface area contributed by atoms with Crippen molar-refractivity contribution in [3.8, 4) is 5.75 Å². The maximum Gasteiger partial charge on any atom is 0.407 e. The summed E-state index contributed by atoms with van der Waals surface area (Å²) in [7, 11) is 0. The standard InChI is InChI=1S/C16H18BrN3O4/c1-9(2)13(23-11-5-3-10(17)4-6-11)14-19-15(24-20-14)12-7-8-22-16(21)18-12/h3-6,9,12-13H,7-8H2,1-2H3,(H,18,21). The van der Waals surface area contributed by atoms with Crippen LogP contribution >= 0.6 is 15.9 Å². The molecular formula is C16H18BrN3O4. The maximum absolute atomic E-state index is 11.3. The summed E-state index contributed by atoms with van der Waals surface area (Å²) in [4.78, 5) is 15.7. The van der Waals surface area contributed by atoms with Gasteiger partial charge in [0.1, 0.15) is 11.8 Å². The quantitative estimate of drug-likeness (QED) is 0.828. The molecule has 0 saturated carbocycles. The average molecular weight is 396 g/mol. The van der Waals surface area contributed by atoms with Crippen molar-refractivity contribution in [3.63, 3.8) is 0 Å². The molecule has 0 radical (unpaired) electrons. The number of aromatic nitrogens is 2. The van der Waals surface area contributed by atoms with Crippen molar-refractivity contribution in [1.82, 2.24) is 15.5 Å². The number of benzene rings is 1. The first-order valence-electron chi connectivity index (χ1n) is 7.72. The van der Waals surface area contributed by atoms with Gasteiger partial charge in [-0.25, -0.2) is 4.79 Å². The zero-order chi connectivity index (χ0) is 17.1. The van der Waals surface area contributed by atoms with E-state index in [1.165, 1.54) is 0 Å². The molecule has 1 aromatic carbocycles. The second-order valence-corrected chi connectivity index (χ2v) is 6.76. The van der Waals surface area contributed by atoms with Gasteiger partial charge in [-0.1, -0.05) is 34.9 Å². The number of rotatable bonds is 5. The van der Waals surface area contributed by atoms with Crippen LogP contribution in [-0.2, 0) is 4.74 Å². The van der Waals surface area contributed by atoms with Gasteiger partial charge in [-0.15, -0.1) is 0 Å². The summed E-state index contributed by atoms with van der Waals surface area (Å²) in [6.45, 7) is 4.38. The molecule has 3 rings (SSSR count). The number of hydrogen-bond donors (Lipinski definition) is 1. The number of nitrogens with zero attached hydrogens (tertiary/aromatic N) is 2. The predicted molar refractivity (Wildman–Crippen MR) is 88.5 cm³/mol. The molecule has 2 atom stereocenters. The Bertz CT molecular complexity index is 702. The summed E-state index contributed by atoms with van der Waals surface area (Å²) in [5, 5.41) is 6.71. The molecule has 2 aromatic rings. The Kier molecular flexibility index (Phi) is 5.03. The van der Waals surface area contributed by atoms with Crippen LogP contribution in [0.2, 0.25) is 0 Å². The zero-order valence-corrected chi connectivity index (χ0v) is 14.9. The van der Waals surface area contributed by atoms with Crippen LogP contribution in [0.1, 0.15) is 44.1 Å². The third-order valence-corrected chi connectivity index (χ3v) is 4.15. The lowest BCUT2D eigenvalue weighted by Crippen LogP contribution is -2.35. The minimum absolute atomic E-state index is 0.142. The number of hydrogen-bond acceptors (Lipinski definition) is 6. The highest BCUT2D eigenvalue weighted by Gasteiger charge is 2.29. The van der Waals surface area contributed by atoms with E-state index in [-0.39, 0.29) is 18.1 Å². The Hall–Kier alpha value is -2.09. The van der Waals surface area contributed by atoms with E-state index in [9.17, 15) is 4.79 Å². The summed E-state index contributed by atoms with van der Waals surface area (Å²) in [6.07, 6.45) is -0.232. The summed E-state index contributed by atoms with van der Waals surface area (Å²) >= 11 is 3.40. The number of ether oxygens (including phenoxy) is 2. The lowest BCUT2D eigenvalue weighted by molar-refractivity contribution is 0.109. The highest BCUT2D eigenvalue weighted by atomic mass is 79.9. The Morgan fingerprint density at radius 2 is 2.08 bits per heavy atom. The molecule has 1 saturated heterocycles. The van der Waals surface area contributed by atoms with E-state index in [0.717, 1.165) is 10.2 Å². The summed E-state index contributed by atoms with van der Waals surface area (Å²) < 4.78 is 17.2. The number of nitrogens with one attached hydrogen (secondary N) is 1. The largest absolute Gasteiger partial charge is 0.482 e. The van der Waals surface area contributed by atoms with E-state index in [4.69, 9.17) is 14.0 Å². The molecule has 24 heavy (non-hydrogen) atoms. The van der Waals surface area contributed by atoms with Crippen molar-refractivity contribution in [3.05, 3.63) is 40.5 Å². The minimum atomic E-state index is -0.475. The van der Waals surface area contributed by atoms with Crippen molar-refractivity contribution in [2.45, 2.75) is 32.4 Å². The highest BCUT2D eigenvalue weighted by Crippen LogP contribution is 2.29. The van der Waals surface area contributed by atoms with E-state index in [2.05, 4.69) is 31.4 Å². The maximum atomic E-state index is 11.3. The van der Waals surface area contributed by atoms with E-state index in [1.807, 2.05) is 38.1 Å². The SMILES string of the molecule is CC(C)C(Oc1ccc(Br)cc1)c1noc(C2CCOC(=O)N2)n1. The molecule has 0 bridgehead atoms. The summed E-state index contributed by atoms with van der Waals surface area (Å²) in [5.41, 5.74) is 0. The van der Waals surface area contributed by atoms with Crippen molar-refractivity contribution in [2.24, 2.45) is 5.92 Å². The van der Waals surface area contributed by atoms with Gasteiger partial charge in [0.25, 0.3) is 0 Å². The molecule has 1 aromatic heterocycles. The monoisotopic (exact) mass is 395 g/mol. The van der Waals surface area contributed by atoms with Gasteiger partial charge in [0.05, 0.1) is 6.61 Å². The van der Waals surface area contributed by atoms with Gasteiger partial charge in [0, 0.05) is 10.9 Å². The molecule has 1 amide bonds. The minimum Gasteiger partial charge on any atom is -0.482 e. The van der Waals surface area contributed by atoms with E-state index < -0.39 is 6.09 Å². The lowest BCUT2D eigenvalue weighted by atomic mass is 10.1. The molecular weight excluding hydrogens is 378 g/mol. The Balaban J connectivity index is 1.76. The number of halogens is 1. The Morgan fingerprint density at radius 3 is 2.75 bits per heavy atom. The summed E-state index contributed by atoms with van der Waals surface area (Å²) in [5.74, 6) is 1.70. The van der Waals surface area contributed by atoms with E-state index in [1.54, 1.807) is 0 Å². The van der Waals surface area contributed by atoms with Crippen molar-refractivity contribution in [2.75, 3.05) is 6.61 Å². The molecule has 1 fully saturated rings. The Labute approximate surface area is 147 Å². The molecule has 0 spiro atoms. The van der Waals surface area contributed by atoms with Crippen molar-refractivity contribution in [1.29, 1.82) is 0 Å². The fraction of sp³-hybridized carbons (Fsp3) is 0.438. The van der Waals surface area contributed by atoms with Crippen molar-refractivity contribution >= 4 is 22.0 Å². The molecule has 1 N–H and O–H groups in total. The third kappa shape index (κ3) is 3.87. The molecule has 1 aliphatic rings. The van der Waals surface area contributed by atoms with E-state index >= 15 is 0 Å². The number of carbonyl (C=O) groups excluding carboxylic acids is 1. The van der Waals surface area contributed by atoms with Crippen LogP contribution in [-0.4, -0.2) is 22.8 Å². The van der Waals surface area contributed by atoms with Gasteiger partial charge in [-0.3, -0.25) is 0 Å². The highest BCUT2D eigenvalue weighted by molar-refractivity contribution is 9.10. The van der Waals surface area contributed by atoms with Crippen LogP contribution < -0.4 is 10.1 Å². The summed E-state index contributed by atoms with van der Waals surface area (Å²) in [6, 6.07) is 7.24. The number of amides is 1. The van der Waals surface area contributed by atoms with Crippen LogP contribution in [0.25, 0.3) is 0 Å². The second kappa shape index (κ2) is 7.21. The van der Waals surface area contributed by atoms with Gasteiger partial charge >= 0.3 is 6.09 Å². The molecule has 128 valence electrons. The normalized spacial score (nSPS) is 18.8. The lowest BCUT2D eigenvalue weighted by Gasteiger charge is -2.20. The van der Waals surface area contributed by atoms with Gasteiger partial charge in [-0.05, 0) is 30.2 Å². The van der Waals surface area contributed by atoms with Crippen LogP contribution in [0, 0.1) is 5.92 Å². The van der Waals surface area contributed by atoms with Gasteiger partial charge in [-0.2, -0.15) is 4.98 Å². The van der Waals surface area contributed by atoms with Crippen LogP contribution in [0.15, 0.2) is 33.3 Å². The van der Waals surface area contributed by atoms with Gasteiger partial charge in [0.2, 0.25) is 11.7 Å². The van der Waals surface area contributed by atoms with Gasteiger partial charge in [0.15, 0.2) is 6.10 Å². The molecule has 8 heteroatoms. The first kappa shape index (κ1) is 16.8. The smallest absolute Gasteiger partial charge is 0.407 e. The molecule has 0 aliphatic carbocycles. The second-order valence-electron chi connectivity index (χ2n) is 5.85. The predicted octanol–water partition coefficient (Wildman–Crippen LogP) is 3.78. The molecule has 7 nitrogen and oxygen atoms in total. The van der Waals surface area contributed by atoms with Crippen LogP contribution in [0.3, 0.4) is 0 Å². The number of alkyl carbamates (subject to hydrolysis) is 1. The molecule has 2 heterocycles. The van der Waals surface area contributed by atoms with Crippen molar-refractivity contribution < 1.29 is 18.8 Å². The number of carbonyl (C=O) groups is 1. The fourth-order valence-electron chi connectivity index (χ4n) is 2.36. The fourth-order valence-corrected chi connectivity index (χ4v) is 2.63. The van der Waals surface area contributed by atoms with Crippen LogP contribution in [0.4, 0.5) is 4.79 Å². The van der Waals surface area contributed by atoms with Gasteiger partial charge < -0.3 is 19.3 Å². The Morgan fingerprint density at radius 1 is 1.33 bits per heavy atom. The average Bonchev–Trinajstić information content (AvgIpc) is 3.03. The number of cyclic esters (lactones) is 1. The molecule has 1 aliphatic heterocycles.